The molecule has 2 aromatic rings. The lowest BCUT2D eigenvalue weighted by Gasteiger charge is -2.13. The monoisotopic (exact) mass is 249 g/mol. The van der Waals surface area contributed by atoms with Crippen molar-refractivity contribution < 1.29 is 9.50 Å². The second kappa shape index (κ2) is 5.27. The average molecular weight is 249 g/mol. The molecule has 1 N–H and O–H groups in total. The number of nitrogens with zero attached hydrogens (tertiary/aromatic N) is 3. The average Bonchev–Trinajstić information content (AvgIpc) is 2.79. The second-order valence-corrected chi connectivity index (χ2v) is 4.19. The Hall–Kier alpha value is -1.75. The van der Waals surface area contributed by atoms with Gasteiger partial charge in [0.1, 0.15) is 18.0 Å². The minimum absolute atomic E-state index is 0.258. The summed E-state index contributed by atoms with van der Waals surface area (Å²) in [6.07, 6.45) is 0.797. The van der Waals surface area contributed by atoms with Crippen molar-refractivity contribution in [2.75, 3.05) is 0 Å². The van der Waals surface area contributed by atoms with Gasteiger partial charge in [-0.3, -0.25) is 4.68 Å². The standard InChI is InChI=1S/C13H16FN3O/c1-3-17-12(15-8-16-17)7-11(18)10-6-4-5-9(2)13(10)14/h4-6,8,11,18H,3,7H2,1-2H3. The van der Waals surface area contributed by atoms with Gasteiger partial charge in [0.15, 0.2) is 0 Å². The highest BCUT2D eigenvalue weighted by Crippen LogP contribution is 2.22. The maximum atomic E-state index is 13.9. The summed E-state index contributed by atoms with van der Waals surface area (Å²) in [4.78, 5) is 4.07. The molecule has 0 spiro atoms. The molecule has 0 saturated carbocycles. The number of hydrogen-bond acceptors (Lipinski definition) is 3. The molecule has 0 radical (unpaired) electrons. The van der Waals surface area contributed by atoms with Crippen molar-refractivity contribution in [3.05, 3.63) is 47.3 Å². The molecule has 1 unspecified atom stereocenters. The Kier molecular flexibility index (Phi) is 3.72. The van der Waals surface area contributed by atoms with E-state index in [0.717, 1.165) is 0 Å². The van der Waals surface area contributed by atoms with Crippen LogP contribution in [0.5, 0.6) is 0 Å². The third-order valence-corrected chi connectivity index (χ3v) is 2.95. The molecule has 0 amide bonds. The van der Waals surface area contributed by atoms with Crippen LogP contribution in [0, 0.1) is 12.7 Å². The molecular weight excluding hydrogens is 233 g/mol. The van der Waals surface area contributed by atoms with Crippen molar-refractivity contribution in [1.29, 1.82) is 0 Å². The quantitative estimate of drug-likeness (QED) is 0.902. The highest BCUT2D eigenvalue weighted by atomic mass is 19.1. The number of aliphatic hydroxyl groups is 1. The fraction of sp³-hybridized carbons (Fsp3) is 0.385. The molecule has 1 atom stereocenters. The van der Waals surface area contributed by atoms with Gasteiger partial charge in [0.05, 0.1) is 6.10 Å². The third-order valence-electron chi connectivity index (χ3n) is 2.95. The van der Waals surface area contributed by atoms with E-state index in [9.17, 15) is 9.50 Å². The molecule has 0 saturated heterocycles. The molecule has 1 aromatic heterocycles. The fourth-order valence-electron chi connectivity index (χ4n) is 1.92. The molecule has 2 rings (SSSR count). The number of benzene rings is 1. The summed E-state index contributed by atoms with van der Waals surface area (Å²) in [6.45, 7) is 4.30. The van der Waals surface area contributed by atoms with Crippen molar-refractivity contribution in [3.8, 4) is 0 Å². The van der Waals surface area contributed by atoms with Crippen LogP contribution in [0.3, 0.4) is 0 Å². The Morgan fingerprint density at radius 1 is 1.44 bits per heavy atom. The SMILES string of the molecule is CCn1ncnc1CC(O)c1cccc(C)c1F. The van der Waals surface area contributed by atoms with Crippen LogP contribution in [-0.4, -0.2) is 19.9 Å². The zero-order valence-electron chi connectivity index (χ0n) is 10.5. The fourth-order valence-corrected chi connectivity index (χ4v) is 1.92. The Morgan fingerprint density at radius 2 is 2.22 bits per heavy atom. The van der Waals surface area contributed by atoms with Crippen LogP contribution >= 0.6 is 0 Å². The first-order valence-corrected chi connectivity index (χ1v) is 5.93. The van der Waals surface area contributed by atoms with E-state index in [-0.39, 0.29) is 12.2 Å². The van der Waals surface area contributed by atoms with Crippen molar-refractivity contribution in [2.45, 2.75) is 32.9 Å². The molecule has 0 aliphatic carbocycles. The second-order valence-electron chi connectivity index (χ2n) is 4.19. The third kappa shape index (κ3) is 2.41. The molecule has 1 aromatic carbocycles. The van der Waals surface area contributed by atoms with Crippen molar-refractivity contribution in [2.24, 2.45) is 0 Å². The Morgan fingerprint density at radius 3 is 2.94 bits per heavy atom. The van der Waals surface area contributed by atoms with Gasteiger partial charge in [-0.1, -0.05) is 18.2 Å². The first kappa shape index (κ1) is 12.7. The predicted octanol–water partition coefficient (Wildman–Crippen LogP) is 2.02. The van der Waals surface area contributed by atoms with E-state index >= 15 is 0 Å². The van der Waals surface area contributed by atoms with Crippen LogP contribution in [0.1, 0.15) is 30.0 Å². The van der Waals surface area contributed by atoms with Gasteiger partial charge in [-0.2, -0.15) is 5.10 Å². The number of halogens is 1. The molecular formula is C13H16FN3O. The Labute approximate surface area is 105 Å². The van der Waals surface area contributed by atoms with Crippen molar-refractivity contribution >= 4 is 0 Å². The van der Waals surface area contributed by atoms with Crippen LogP contribution in [-0.2, 0) is 13.0 Å². The predicted molar refractivity (Wildman–Crippen MR) is 65.5 cm³/mol. The minimum Gasteiger partial charge on any atom is -0.388 e. The molecule has 0 bridgehead atoms. The van der Waals surface area contributed by atoms with Crippen LogP contribution in [0.2, 0.25) is 0 Å². The van der Waals surface area contributed by atoms with E-state index in [1.807, 2.05) is 6.92 Å². The molecule has 1 heterocycles. The van der Waals surface area contributed by atoms with Crippen molar-refractivity contribution in [1.82, 2.24) is 14.8 Å². The lowest BCUT2D eigenvalue weighted by atomic mass is 10.0. The van der Waals surface area contributed by atoms with Gasteiger partial charge in [0.2, 0.25) is 0 Å². The summed E-state index contributed by atoms with van der Waals surface area (Å²) in [5.41, 5.74) is 0.837. The number of aliphatic hydroxyl groups excluding tert-OH is 1. The van der Waals surface area contributed by atoms with Gasteiger partial charge < -0.3 is 5.11 Å². The first-order valence-electron chi connectivity index (χ1n) is 5.93. The van der Waals surface area contributed by atoms with Crippen molar-refractivity contribution in [3.63, 3.8) is 0 Å². The van der Waals surface area contributed by atoms with E-state index in [1.54, 1.807) is 29.8 Å². The highest BCUT2D eigenvalue weighted by molar-refractivity contribution is 5.27. The van der Waals surface area contributed by atoms with Gasteiger partial charge in [0, 0.05) is 18.5 Å². The summed E-state index contributed by atoms with van der Waals surface area (Å²) < 4.78 is 15.6. The van der Waals surface area contributed by atoms with Crippen LogP contribution < -0.4 is 0 Å². The lowest BCUT2D eigenvalue weighted by molar-refractivity contribution is 0.169. The van der Waals surface area contributed by atoms with Crippen LogP contribution in [0.15, 0.2) is 24.5 Å². The molecule has 0 aliphatic rings. The summed E-state index contributed by atoms with van der Waals surface area (Å²) >= 11 is 0. The van der Waals surface area contributed by atoms with Gasteiger partial charge in [0.25, 0.3) is 0 Å². The van der Waals surface area contributed by atoms with Gasteiger partial charge in [-0.05, 0) is 19.4 Å². The lowest BCUT2D eigenvalue weighted by Crippen LogP contribution is -2.11. The summed E-state index contributed by atoms with van der Waals surface area (Å²) in [6, 6.07) is 5.02. The maximum absolute atomic E-state index is 13.9. The summed E-state index contributed by atoms with van der Waals surface area (Å²) in [5, 5.41) is 14.1. The molecule has 0 aliphatic heterocycles. The molecule has 18 heavy (non-hydrogen) atoms. The maximum Gasteiger partial charge on any atom is 0.138 e. The van der Waals surface area contributed by atoms with Crippen LogP contribution in [0.4, 0.5) is 4.39 Å². The van der Waals surface area contributed by atoms with E-state index in [2.05, 4.69) is 10.1 Å². The molecule has 4 nitrogen and oxygen atoms in total. The van der Waals surface area contributed by atoms with E-state index < -0.39 is 6.10 Å². The topological polar surface area (TPSA) is 50.9 Å². The smallest absolute Gasteiger partial charge is 0.138 e. The largest absolute Gasteiger partial charge is 0.388 e. The van der Waals surface area contributed by atoms with Crippen LogP contribution in [0.25, 0.3) is 0 Å². The zero-order valence-corrected chi connectivity index (χ0v) is 10.5. The minimum atomic E-state index is -0.903. The van der Waals surface area contributed by atoms with E-state index in [4.69, 9.17) is 0 Å². The molecule has 5 heteroatoms. The van der Waals surface area contributed by atoms with E-state index in [1.165, 1.54) is 6.33 Å². The normalized spacial score (nSPS) is 12.7. The first-order chi connectivity index (χ1) is 8.63. The Balaban J connectivity index is 2.22. The summed E-state index contributed by atoms with van der Waals surface area (Å²) in [5.74, 6) is 0.304. The highest BCUT2D eigenvalue weighted by Gasteiger charge is 2.17. The Bertz CT molecular complexity index is 539. The zero-order chi connectivity index (χ0) is 13.1. The van der Waals surface area contributed by atoms with Gasteiger partial charge in [-0.15, -0.1) is 0 Å². The van der Waals surface area contributed by atoms with Gasteiger partial charge >= 0.3 is 0 Å². The number of rotatable bonds is 4. The van der Waals surface area contributed by atoms with Gasteiger partial charge in [-0.25, -0.2) is 9.37 Å². The molecule has 96 valence electrons. The van der Waals surface area contributed by atoms with E-state index in [0.29, 0.717) is 23.5 Å². The summed E-state index contributed by atoms with van der Waals surface area (Å²) in [7, 11) is 0. The number of aromatic nitrogens is 3. The molecule has 0 fully saturated rings. The number of aryl methyl sites for hydroxylation is 2. The number of hydrogen-bond donors (Lipinski definition) is 1.